The lowest BCUT2D eigenvalue weighted by Gasteiger charge is -2.13. The van der Waals surface area contributed by atoms with Gasteiger partial charge in [0.2, 0.25) is 15.9 Å². The SMILES string of the molecule is COc1ccc(S(N)(=O)=O)cc1NC(=O)C[C@@H]1C=CCC1. The maximum atomic E-state index is 12.0. The van der Waals surface area contributed by atoms with E-state index in [9.17, 15) is 13.2 Å². The number of nitrogens with two attached hydrogens (primary N) is 1. The summed E-state index contributed by atoms with van der Waals surface area (Å²) in [5.41, 5.74) is 0.302. The Kier molecular flexibility index (Phi) is 4.64. The van der Waals surface area contributed by atoms with E-state index in [0.717, 1.165) is 12.8 Å². The number of amides is 1. The molecule has 6 nitrogen and oxygen atoms in total. The van der Waals surface area contributed by atoms with Crippen LogP contribution in [0.15, 0.2) is 35.2 Å². The summed E-state index contributed by atoms with van der Waals surface area (Å²) in [6.45, 7) is 0. The minimum absolute atomic E-state index is 0.0700. The van der Waals surface area contributed by atoms with Crippen molar-refractivity contribution < 1.29 is 17.9 Å². The Morgan fingerprint density at radius 2 is 2.24 bits per heavy atom. The zero-order valence-corrected chi connectivity index (χ0v) is 12.5. The standard InChI is InChI=1S/C14H18N2O4S/c1-20-13-7-6-11(21(15,18)19)9-12(13)16-14(17)8-10-4-2-3-5-10/h2,4,6-7,9-10H,3,5,8H2,1H3,(H,16,17)(H2,15,18,19)/t10-/m1/s1. The Morgan fingerprint density at radius 3 is 2.81 bits per heavy atom. The van der Waals surface area contributed by atoms with Crippen LogP contribution in [0.4, 0.5) is 5.69 Å². The van der Waals surface area contributed by atoms with Crippen molar-refractivity contribution in [3.8, 4) is 5.75 Å². The number of sulfonamides is 1. The average Bonchev–Trinajstić information content (AvgIpc) is 2.90. The fourth-order valence-electron chi connectivity index (χ4n) is 2.27. The molecule has 21 heavy (non-hydrogen) atoms. The highest BCUT2D eigenvalue weighted by Gasteiger charge is 2.17. The van der Waals surface area contributed by atoms with E-state index in [1.54, 1.807) is 0 Å². The van der Waals surface area contributed by atoms with Crippen LogP contribution < -0.4 is 15.2 Å². The molecule has 1 atom stereocenters. The zero-order valence-electron chi connectivity index (χ0n) is 11.7. The normalized spacial score (nSPS) is 17.7. The van der Waals surface area contributed by atoms with E-state index in [1.165, 1.54) is 25.3 Å². The first-order valence-electron chi connectivity index (χ1n) is 6.57. The lowest BCUT2D eigenvalue weighted by atomic mass is 10.1. The lowest BCUT2D eigenvalue weighted by Crippen LogP contribution is -2.17. The van der Waals surface area contributed by atoms with Crippen LogP contribution in [0.25, 0.3) is 0 Å². The fraction of sp³-hybridized carbons (Fsp3) is 0.357. The summed E-state index contributed by atoms with van der Waals surface area (Å²) < 4.78 is 27.8. The van der Waals surface area contributed by atoms with Gasteiger partial charge in [-0.15, -0.1) is 0 Å². The van der Waals surface area contributed by atoms with Crippen LogP contribution in [0.3, 0.4) is 0 Å². The van der Waals surface area contributed by atoms with Gasteiger partial charge in [-0.2, -0.15) is 0 Å². The molecule has 0 fully saturated rings. The van der Waals surface area contributed by atoms with Gasteiger partial charge >= 0.3 is 0 Å². The molecule has 0 saturated heterocycles. The van der Waals surface area contributed by atoms with Crippen molar-refractivity contribution in [3.05, 3.63) is 30.4 Å². The minimum Gasteiger partial charge on any atom is -0.495 e. The predicted molar refractivity (Wildman–Crippen MR) is 79.5 cm³/mol. The number of hydrogen-bond donors (Lipinski definition) is 2. The monoisotopic (exact) mass is 310 g/mol. The van der Waals surface area contributed by atoms with Crippen LogP contribution >= 0.6 is 0 Å². The maximum Gasteiger partial charge on any atom is 0.238 e. The highest BCUT2D eigenvalue weighted by Crippen LogP contribution is 2.28. The largest absolute Gasteiger partial charge is 0.495 e. The van der Waals surface area contributed by atoms with Crippen molar-refractivity contribution in [1.29, 1.82) is 0 Å². The number of rotatable bonds is 5. The van der Waals surface area contributed by atoms with Gasteiger partial charge in [0.25, 0.3) is 0 Å². The van der Waals surface area contributed by atoms with E-state index in [1.807, 2.05) is 6.08 Å². The Balaban J connectivity index is 2.17. The van der Waals surface area contributed by atoms with Gasteiger partial charge < -0.3 is 10.1 Å². The molecule has 0 aromatic heterocycles. The van der Waals surface area contributed by atoms with E-state index in [4.69, 9.17) is 9.88 Å². The molecule has 0 radical (unpaired) electrons. The summed E-state index contributed by atoms with van der Waals surface area (Å²) in [6, 6.07) is 4.10. The highest BCUT2D eigenvalue weighted by atomic mass is 32.2. The molecule has 0 unspecified atom stereocenters. The number of hydrogen-bond acceptors (Lipinski definition) is 4. The molecule has 1 aliphatic rings. The molecule has 1 aliphatic carbocycles. The molecule has 2 rings (SSSR count). The van der Waals surface area contributed by atoms with E-state index in [0.29, 0.717) is 17.9 Å². The number of methoxy groups -OCH3 is 1. The minimum atomic E-state index is -3.83. The van der Waals surface area contributed by atoms with E-state index >= 15 is 0 Å². The first kappa shape index (κ1) is 15.5. The third kappa shape index (κ3) is 4.05. The molecule has 1 amide bonds. The van der Waals surface area contributed by atoms with Gasteiger partial charge in [0.05, 0.1) is 17.7 Å². The van der Waals surface area contributed by atoms with E-state index in [2.05, 4.69) is 11.4 Å². The van der Waals surface area contributed by atoms with Crippen LogP contribution in [0.1, 0.15) is 19.3 Å². The number of ether oxygens (including phenoxy) is 1. The topological polar surface area (TPSA) is 98.5 Å². The molecule has 0 spiro atoms. The number of carbonyl (C=O) groups excluding carboxylic acids is 1. The second-order valence-corrected chi connectivity index (χ2v) is 6.49. The van der Waals surface area contributed by atoms with Crippen molar-refractivity contribution >= 4 is 21.6 Å². The number of primary sulfonamides is 1. The second-order valence-electron chi connectivity index (χ2n) is 4.92. The van der Waals surface area contributed by atoms with Crippen molar-refractivity contribution in [3.63, 3.8) is 0 Å². The molecule has 7 heteroatoms. The number of carbonyl (C=O) groups is 1. The number of nitrogens with one attached hydrogen (secondary N) is 1. The molecule has 1 aromatic rings. The summed E-state index contributed by atoms with van der Waals surface area (Å²) in [6.07, 6.45) is 6.39. The molecule has 1 aromatic carbocycles. The number of allylic oxidation sites excluding steroid dienone is 2. The van der Waals surface area contributed by atoms with Gasteiger partial charge in [-0.25, -0.2) is 13.6 Å². The summed E-state index contributed by atoms with van der Waals surface area (Å²) in [7, 11) is -2.38. The lowest BCUT2D eigenvalue weighted by molar-refractivity contribution is -0.116. The van der Waals surface area contributed by atoms with E-state index < -0.39 is 10.0 Å². The third-order valence-electron chi connectivity index (χ3n) is 3.33. The summed E-state index contributed by atoms with van der Waals surface area (Å²) in [5, 5.41) is 7.77. The average molecular weight is 310 g/mol. The maximum absolute atomic E-state index is 12.0. The summed E-state index contributed by atoms with van der Waals surface area (Å²) in [4.78, 5) is 11.9. The van der Waals surface area contributed by atoms with Gasteiger partial charge in [0.1, 0.15) is 5.75 Å². The van der Waals surface area contributed by atoms with Crippen LogP contribution in [0.2, 0.25) is 0 Å². The Hall–Kier alpha value is -1.86. The molecular formula is C14H18N2O4S. The quantitative estimate of drug-likeness (QED) is 0.808. The van der Waals surface area contributed by atoms with Gasteiger partial charge in [0, 0.05) is 6.42 Å². The second kappa shape index (κ2) is 6.28. The summed E-state index contributed by atoms with van der Waals surface area (Å²) >= 11 is 0. The van der Waals surface area contributed by atoms with Gasteiger partial charge in [-0.1, -0.05) is 12.2 Å². The van der Waals surface area contributed by atoms with Crippen LogP contribution in [0, 0.1) is 5.92 Å². The van der Waals surface area contributed by atoms with Gasteiger partial charge in [-0.3, -0.25) is 4.79 Å². The number of benzene rings is 1. The zero-order chi connectivity index (χ0) is 15.5. The Bertz CT molecular complexity index is 668. The third-order valence-corrected chi connectivity index (χ3v) is 4.24. The van der Waals surface area contributed by atoms with Crippen molar-refractivity contribution in [1.82, 2.24) is 0 Å². The first-order valence-corrected chi connectivity index (χ1v) is 8.12. The highest BCUT2D eigenvalue weighted by molar-refractivity contribution is 7.89. The predicted octanol–water partition coefficient (Wildman–Crippen LogP) is 1.64. The van der Waals surface area contributed by atoms with Crippen molar-refractivity contribution in [2.24, 2.45) is 11.1 Å². The van der Waals surface area contributed by atoms with Crippen molar-refractivity contribution in [2.75, 3.05) is 12.4 Å². The number of anilines is 1. The van der Waals surface area contributed by atoms with Gasteiger partial charge in [0.15, 0.2) is 0 Å². The Morgan fingerprint density at radius 1 is 1.48 bits per heavy atom. The smallest absolute Gasteiger partial charge is 0.238 e. The molecule has 3 N–H and O–H groups in total. The molecule has 0 heterocycles. The molecular weight excluding hydrogens is 292 g/mol. The van der Waals surface area contributed by atoms with Crippen LogP contribution in [0.5, 0.6) is 5.75 Å². The fourth-order valence-corrected chi connectivity index (χ4v) is 2.81. The van der Waals surface area contributed by atoms with Gasteiger partial charge in [-0.05, 0) is 37.0 Å². The van der Waals surface area contributed by atoms with Crippen LogP contribution in [-0.4, -0.2) is 21.4 Å². The molecule has 0 aliphatic heterocycles. The Labute approximate surface area is 124 Å². The first-order chi connectivity index (χ1) is 9.90. The summed E-state index contributed by atoms with van der Waals surface area (Å²) in [5.74, 6) is 0.437. The van der Waals surface area contributed by atoms with Crippen LogP contribution in [-0.2, 0) is 14.8 Å². The van der Waals surface area contributed by atoms with Crippen molar-refractivity contribution in [2.45, 2.75) is 24.2 Å². The molecule has 114 valence electrons. The molecule has 0 saturated carbocycles. The van der Waals surface area contributed by atoms with E-state index in [-0.39, 0.29) is 16.7 Å². The molecule has 0 bridgehead atoms.